The van der Waals surface area contributed by atoms with E-state index in [0.29, 0.717) is 42.3 Å². The largest absolute Gasteiger partial charge is 0.491 e. The lowest BCUT2D eigenvalue weighted by atomic mass is 10.1. The van der Waals surface area contributed by atoms with Crippen LogP contribution in [0.25, 0.3) is 0 Å². The molecule has 0 spiro atoms. The number of rotatable bonds is 23. The topological polar surface area (TPSA) is 247 Å². The summed E-state index contributed by atoms with van der Waals surface area (Å²) in [6, 6.07) is 11.1. The summed E-state index contributed by atoms with van der Waals surface area (Å²) in [6.07, 6.45) is 0.934. The number of halogens is 1. The number of aliphatic carboxylic acids is 2. The van der Waals surface area contributed by atoms with Crippen molar-refractivity contribution in [2.45, 2.75) is 31.3 Å². The van der Waals surface area contributed by atoms with Gasteiger partial charge in [-0.2, -0.15) is 16.7 Å². The van der Waals surface area contributed by atoms with Gasteiger partial charge >= 0.3 is 11.9 Å². The van der Waals surface area contributed by atoms with Gasteiger partial charge in [0.1, 0.15) is 37.3 Å². The van der Waals surface area contributed by atoms with Crippen molar-refractivity contribution in [2.24, 2.45) is 5.73 Å². The third kappa shape index (κ3) is 14.2. The molecule has 2 amide bonds. The molecule has 0 aliphatic heterocycles. The predicted octanol–water partition coefficient (Wildman–Crippen LogP) is 2.37. The lowest BCUT2D eigenvalue weighted by Gasteiger charge is -2.28. The number of anilines is 5. The number of methoxy groups -OCH3 is 1. The van der Waals surface area contributed by atoms with E-state index in [4.69, 9.17) is 25.4 Å². The molecule has 0 unspecified atom stereocenters. The molecule has 2 atom stereocenters. The van der Waals surface area contributed by atoms with E-state index in [1.807, 2.05) is 0 Å². The molecule has 0 saturated carbocycles. The molecule has 0 bridgehead atoms. The minimum absolute atomic E-state index is 0.0215. The monoisotopic (exact) mass is 730 g/mol. The first-order valence-corrected chi connectivity index (χ1v) is 16.6. The summed E-state index contributed by atoms with van der Waals surface area (Å²) in [5.41, 5.74) is 9.31. The molecular weight excluding hydrogens is 691 g/mol. The van der Waals surface area contributed by atoms with Crippen LogP contribution in [-0.4, -0.2) is 106 Å². The van der Waals surface area contributed by atoms with Crippen molar-refractivity contribution in [2.75, 3.05) is 54.3 Å². The first-order chi connectivity index (χ1) is 24.5. The van der Waals surface area contributed by atoms with E-state index in [2.05, 4.69) is 31.3 Å². The van der Waals surface area contributed by atoms with Crippen LogP contribution in [0.3, 0.4) is 0 Å². The van der Waals surface area contributed by atoms with Gasteiger partial charge in [0.25, 0.3) is 0 Å². The third-order valence-electron chi connectivity index (χ3n) is 6.73. The van der Waals surface area contributed by atoms with Gasteiger partial charge in [-0.05, 0) is 48.9 Å². The highest BCUT2D eigenvalue weighted by Gasteiger charge is 2.25. The van der Waals surface area contributed by atoms with Gasteiger partial charge < -0.3 is 46.2 Å². The Morgan fingerprint density at radius 1 is 1.04 bits per heavy atom. The number of hydrogen-bond acceptors (Lipinski definition) is 14. The standard InChI is InChI=1S/C32H39FN8O9S/c1-49-12-13-50-24-7-5-20(6-8-24)39-32-35-16-25(33)30(40-32)38-22-4-2-3-21(15-22)37-27(43)11-14-51-19-23(18-42)41(36-17-29(45)46)28(44)10-9-26(34)31(47)48/h2-8,15-16,18,23,26,36H,9-14,17,19,34H2,1H3,(H,37,43)(H,45,46)(H,47,48)(H2,35,38,39,40)/t23-,26+/m1/s1. The molecule has 1 aromatic heterocycles. The Balaban J connectivity index is 1.52. The molecule has 1 heterocycles. The zero-order valence-electron chi connectivity index (χ0n) is 27.5. The van der Waals surface area contributed by atoms with Crippen molar-refractivity contribution in [1.82, 2.24) is 20.4 Å². The lowest BCUT2D eigenvalue weighted by Crippen LogP contribution is -2.53. The number of benzene rings is 2. The maximum Gasteiger partial charge on any atom is 0.320 e. The van der Waals surface area contributed by atoms with Gasteiger partial charge in [0.2, 0.25) is 17.8 Å². The van der Waals surface area contributed by atoms with Crippen molar-refractivity contribution >= 4 is 70.6 Å². The molecule has 274 valence electrons. The Bertz CT molecular complexity index is 1640. The van der Waals surface area contributed by atoms with Gasteiger partial charge in [-0.15, -0.1) is 0 Å². The van der Waals surface area contributed by atoms with Gasteiger partial charge in [-0.25, -0.2) is 14.8 Å². The number of hydrogen-bond donors (Lipinski definition) is 7. The van der Waals surface area contributed by atoms with Crippen LogP contribution in [0.5, 0.6) is 5.75 Å². The van der Waals surface area contributed by atoms with Crippen LogP contribution in [0, 0.1) is 5.82 Å². The van der Waals surface area contributed by atoms with Gasteiger partial charge in [-0.3, -0.25) is 24.2 Å². The van der Waals surface area contributed by atoms with E-state index in [1.54, 1.807) is 55.6 Å². The minimum Gasteiger partial charge on any atom is -0.491 e. The molecule has 19 heteroatoms. The lowest BCUT2D eigenvalue weighted by molar-refractivity contribution is -0.143. The Morgan fingerprint density at radius 2 is 1.78 bits per heavy atom. The van der Waals surface area contributed by atoms with Crippen molar-refractivity contribution in [3.63, 3.8) is 0 Å². The Hall–Kier alpha value is -5.37. The van der Waals surface area contributed by atoms with Crippen LogP contribution >= 0.6 is 11.8 Å². The molecule has 8 N–H and O–H groups in total. The summed E-state index contributed by atoms with van der Waals surface area (Å²) in [6.45, 7) is 0.201. The summed E-state index contributed by atoms with van der Waals surface area (Å²) < 4.78 is 25.1. The summed E-state index contributed by atoms with van der Waals surface area (Å²) >= 11 is 1.17. The number of ether oxygens (including phenoxy) is 2. The van der Waals surface area contributed by atoms with Crippen molar-refractivity contribution in [3.05, 3.63) is 60.5 Å². The fraction of sp³-hybridized carbons (Fsp3) is 0.344. The van der Waals surface area contributed by atoms with Crippen LogP contribution in [-0.2, 0) is 28.7 Å². The smallest absolute Gasteiger partial charge is 0.320 e. The SMILES string of the molecule is COCCOc1ccc(Nc2ncc(F)c(Nc3cccc(NC(=O)CCSC[C@@H](C=O)N(NCC(=O)O)C(=O)CC[C@H](N)C(=O)O)c3)n2)cc1. The highest BCUT2D eigenvalue weighted by atomic mass is 32.2. The van der Waals surface area contributed by atoms with E-state index in [-0.39, 0.29) is 48.4 Å². The number of nitrogens with one attached hydrogen (secondary N) is 4. The van der Waals surface area contributed by atoms with Crippen LogP contribution in [0.2, 0.25) is 0 Å². The van der Waals surface area contributed by atoms with Gasteiger partial charge in [0, 0.05) is 48.5 Å². The Kier molecular flexibility index (Phi) is 16.5. The van der Waals surface area contributed by atoms with E-state index in [1.165, 1.54) is 11.8 Å². The van der Waals surface area contributed by atoms with Crippen LogP contribution in [0.15, 0.2) is 54.7 Å². The van der Waals surface area contributed by atoms with Crippen molar-refractivity contribution in [3.8, 4) is 5.75 Å². The van der Waals surface area contributed by atoms with Gasteiger partial charge in [0.05, 0.1) is 12.8 Å². The van der Waals surface area contributed by atoms with E-state index >= 15 is 0 Å². The maximum absolute atomic E-state index is 14.6. The molecule has 0 fully saturated rings. The summed E-state index contributed by atoms with van der Waals surface area (Å²) in [4.78, 5) is 67.4. The number of carboxylic acids is 2. The van der Waals surface area contributed by atoms with Gasteiger partial charge in [-0.1, -0.05) is 6.07 Å². The third-order valence-corrected chi connectivity index (χ3v) is 7.80. The number of carboxylic acid groups (broad SMARTS) is 2. The quantitative estimate of drug-likeness (QED) is 0.0420. The predicted molar refractivity (Wildman–Crippen MR) is 187 cm³/mol. The number of carbonyl (C=O) groups excluding carboxylic acids is 3. The number of amides is 2. The number of thioether (sulfide) groups is 1. The molecule has 0 aliphatic rings. The summed E-state index contributed by atoms with van der Waals surface area (Å²) in [7, 11) is 1.58. The Labute approximate surface area is 296 Å². The molecule has 3 rings (SSSR count). The summed E-state index contributed by atoms with van der Waals surface area (Å²) in [5, 5.41) is 27.4. The fourth-order valence-corrected chi connectivity index (χ4v) is 5.13. The molecule has 17 nitrogen and oxygen atoms in total. The van der Waals surface area contributed by atoms with Crippen LogP contribution in [0.1, 0.15) is 19.3 Å². The average molecular weight is 731 g/mol. The van der Waals surface area contributed by atoms with Crippen molar-refractivity contribution in [1.29, 1.82) is 0 Å². The first-order valence-electron chi connectivity index (χ1n) is 15.5. The van der Waals surface area contributed by atoms with E-state index < -0.39 is 42.3 Å². The number of aldehydes is 1. The van der Waals surface area contributed by atoms with Crippen LogP contribution in [0.4, 0.5) is 33.2 Å². The molecule has 2 aromatic carbocycles. The highest BCUT2D eigenvalue weighted by molar-refractivity contribution is 7.99. The molecule has 3 aromatic rings. The van der Waals surface area contributed by atoms with Crippen molar-refractivity contribution < 1.29 is 48.0 Å². The number of carbonyl (C=O) groups is 5. The maximum atomic E-state index is 14.6. The normalized spacial score (nSPS) is 11.9. The Morgan fingerprint density at radius 3 is 2.47 bits per heavy atom. The second-order valence-corrected chi connectivity index (χ2v) is 11.8. The molecule has 0 radical (unpaired) electrons. The second-order valence-electron chi connectivity index (χ2n) is 10.6. The zero-order chi connectivity index (χ0) is 37.2. The zero-order valence-corrected chi connectivity index (χ0v) is 28.4. The molecule has 0 saturated heterocycles. The van der Waals surface area contributed by atoms with Gasteiger partial charge in [0.15, 0.2) is 11.6 Å². The van der Waals surface area contributed by atoms with E-state index in [9.17, 15) is 28.4 Å². The first kappa shape index (κ1) is 40.1. The number of aromatic nitrogens is 2. The minimum atomic E-state index is -1.31. The molecule has 0 aliphatic carbocycles. The number of nitrogens with zero attached hydrogens (tertiary/aromatic N) is 3. The van der Waals surface area contributed by atoms with E-state index in [0.717, 1.165) is 11.2 Å². The highest BCUT2D eigenvalue weighted by Crippen LogP contribution is 2.24. The molecular formula is C32H39FN8O9S. The second kappa shape index (κ2) is 21.0. The number of nitrogens with two attached hydrogens (primary N) is 1. The summed E-state index contributed by atoms with van der Waals surface area (Å²) in [5.74, 6) is -3.41. The molecule has 51 heavy (non-hydrogen) atoms. The number of hydrazine groups is 1. The van der Waals surface area contributed by atoms with Crippen LogP contribution < -0.4 is 31.8 Å². The average Bonchev–Trinajstić information content (AvgIpc) is 3.10. The fourth-order valence-electron chi connectivity index (χ4n) is 4.17.